The highest BCUT2D eigenvalue weighted by Crippen LogP contribution is 2.27. The van der Waals surface area contributed by atoms with Crippen molar-refractivity contribution in [2.45, 2.75) is 25.7 Å². The molecule has 1 heterocycles. The normalized spacial score (nSPS) is 13.4. The summed E-state index contributed by atoms with van der Waals surface area (Å²) in [4.78, 5) is 12.0. The summed E-state index contributed by atoms with van der Waals surface area (Å²) in [6.45, 7) is 0. The van der Waals surface area contributed by atoms with Crippen molar-refractivity contribution in [3.05, 3.63) is 29.3 Å². The number of nitrogens with zero attached hydrogens (tertiary/aromatic N) is 3. The van der Waals surface area contributed by atoms with Gasteiger partial charge in [-0.2, -0.15) is 9.97 Å². The lowest BCUT2D eigenvalue weighted by molar-refractivity contribution is 0.360. The van der Waals surface area contributed by atoms with E-state index < -0.39 is 0 Å². The van der Waals surface area contributed by atoms with E-state index in [1.165, 1.54) is 31.1 Å². The number of nitrogens with two attached hydrogens (primary N) is 1. The van der Waals surface area contributed by atoms with Gasteiger partial charge in [-0.3, -0.25) is 5.43 Å². The molecule has 3 rings (SSSR count). The summed E-state index contributed by atoms with van der Waals surface area (Å²) in [5.74, 6) is 6.20. The maximum Gasteiger partial charge on any atom is 0.330 e. The molecule has 1 aliphatic carbocycles. The van der Waals surface area contributed by atoms with Crippen molar-refractivity contribution in [2.24, 2.45) is 5.84 Å². The molecule has 7 nitrogen and oxygen atoms in total. The maximum absolute atomic E-state index is 5.69. The van der Waals surface area contributed by atoms with Gasteiger partial charge in [-0.15, -0.1) is 4.98 Å². The summed E-state index contributed by atoms with van der Waals surface area (Å²) >= 11 is 0. The van der Waals surface area contributed by atoms with E-state index >= 15 is 0 Å². The van der Waals surface area contributed by atoms with E-state index in [2.05, 4.69) is 26.4 Å². The molecular weight excluding hydrogens is 270 g/mol. The highest BCUT2D eigenvalue weighted by Gasteiger charge is 2.12. The summed E-state index contributed by atoms with van der Waals surface area (Å²) < 4.78 is 10.7. The van der Waals surface area contributed by atoms with Crippen LogP contribution in [0, 0.1) is 0 Å². The van der Waals surface area contributed by atoms with Gasteiger partial charge in [0.15, 0.2) is 0 Å². The molecule has 0 unspecified atom stereocenters. The number of hydrogen-bond acceptors (Lipinski definition) is 7. The molecule has 1 aliphatic rings. The van der Waals surface area contributed by atoms with Gasteiger partial charge in [0, 0.05) is 0 Å². The number of rotatable bonds is 4. The van der Waals surface area contributed by atoms with E-state index in [0.29, 0.717) is 5.75 Å². The third kappa shape index (κ3) is 3.03. The number of ether oxygens (including phenoxy) is 2. The molecule has 3 N–H and O–H groups in total. The first-order valence-corrected chi connectivity index (χ1v) is 6.85. The van der Waals surface area contributed by atoms with Crippen molar-refractivity contribution in [1.29, 1.82) is 0 Å². The first-order valence-electron chi connectivity index (χ1n) is 6.85. The van der Waals surface area contributed by atoms with Crippen LogP contribution in [0.1, 0.15) is 24.0 Å². The average molecular weight is 287 g/mol. The topological polar surface area (TPSA) is 95.2 Å². The molecule has 0 aliphatic heterocycles. The van der Waals surface area contributed by atoms with E-state index in [4.69, 9.17) is 15.3 Å². The molecule has 0 atom stereocenters. The molecule has 0 bridgehead atoms. The summed E-state index contributed by atoms with van der Waals surface area (Å²) in [5, 5.41) is 0. The van der Waals surface area contributed by atoms with E-state index in [1.54, 1.807) is 0 Å². The van der Waals surface area contributed by atoms with Gasteiger partial charge in [0.1, 0.15) is 5.75 Å². The summed E-state index contributed by atoms with van der Waals surface area (Å²) in [6.07, 6.45) is 4.69. The predicted molar refractivity (Wildman–Crippen MR) is 77.3 cm³/mol. The highest BCUT2D eigenvalue weighted by atomic mass is 16.5. The molecule has 0 saturated heterocycles. The van der Waals surface area contributed by atoms with Gasteiger partial charge >= 0.3 is 12.0 Å². The Morgan fingerprint density at radius 3 is 2.57 bits per heavy atom. The Hall–Kier alpha value is -2.41. The van der Waals surface area contributed by atoms with Crippen LogP contribution in [0.25, 0.3) is 0 Å². The van der Waals surface area contributed by atoms with E-state index in [1.807, 2.05) is 12.1 Å². The lowest BCUT2D eigenvalue weighted by Gasteiger charge is -2.16. The number of benzene rings is 1. The van der Waals surface area contributed by atoms with Gasteiger partial charge in [0.2, 0.25) is 5.95 Å². The van der Waals surface area contributed by atoms with Crippen LogP contribution in [-0.2, 0) is 12.8 Å². The van der Waals surface area contributed by atoms with Gasteiger partial charge in [-0.05, 0) is 48.9 Å². The fraction of sp³-hybridized carbons (Fsp3) is 0.357. The van der Waals surface area contributed by atoms with Crippen LogP contribution in [0.2, 0.25) is 0 Å². The van der Waals surface area contributed by atoms with Gasteiger partial charge in [-0.1, -0.05) is 6.07 Å². The molecule has 7 heteroatoms. The number of aryl methyl sites for hydroxylation is 2. The fourth-order valence-electron chi connectivity index (χ4n) is 2.42. The molecule has 1 aromatic heterocycles. The zero-order chi connectivity index (χ0) is 14.7. The number of hydrogen-bond donors (Lipinski definition) is 2. The molecule has 0 radical (unpaired) electrons. The van der Waals surface area contributed by atoms with Crippen LogP contribution in [0.3, 0.4) is 0 Å². The number of hydrazine groups is 1. The number of fused-ring (bicyclic) bond motifs is 1. The van der Waals surface area contributed by atoms with Crippen LogP contribution >= 0.6 is 0 Å². The second kappa shape index (κ2) is 5.92. The minimum Gasteiger partial charge on any atom is -0.467 e. The van der Waals surface area contributed by atoms with Crippen LogP contribution in [0.15, 0.2) is 18.2 Å². The molecule has 110 valence electrons. The second-order valence-corrected chi connectivity index (χ2v) is 4.81. The standard InChI is InChI=1S/C14H17N5O2/c1-20-13-16-12(19-15)17-14(18-13)21-11-7-6-9-4-2-3-5-10(9)8-11/h6-8H,2-5,15H2,1H3,(H,16,17,18,19). The predicted octanol–water partition coefficient (Wildman–Crippen LogP) is 1.84. The number of methoxy groups -OCH3 is 1. The number of nitrogen functional groups attached to an aromatic ring is 1. The minimum absolute atomic E-state index is 0.144. The van der Waals surface area contributed by atoms with E-state index in [0.717, 1.165) is 12.8 Å². The van der Waals surface area contributed by atoms with Gasteiger partial charge in [-0.25, -0.2) is 5.84 Å². The summed E-state index contributed by atoms with van der Waals surface area (Å²) in [7, 11) is 1.47. The summed E-state index contributed by atoms with van der Waals surface area (Å²) in [5.41, 5.74) is 5.08. The molecule has 0 saturated carbocycles. The smallest absolute Gasteiger partial charge is 0.330 e. The molecule has 2 aromatic rings. The van der Waals surface area contributed by atoms with Crippen LogP contribution in [-0.4, -0.2) is 22.1 Å². The third-order valence-corrected chi connectivity index (χ3v) is 3.44. The molecule has 0 fully saturated rings. The Morgan fingerprint density at radius 2 is 1.81 bits per heavy atom. The molecule has 0 amide bonds. The van der Waals surface area contributed by atoms with E-state index in [-0.39, 0.29) is 18.0 Å². The van der Waals surface area contributed by atoms with E-state index in [9.17, 15) is 0 Å². The largest absolute Gasteiger partial charge is 0.467 e. The van der Waals surface area contributed by atoms with Crippen LogP contribution in [0.4, 0.5) is 5.95 Å². The first kappa shape index (κ1) is 13.6. The average Bonchev–Trinajstić information content (AvgIpc) is 2.54. The zero-order valence-electron chi connectivity index (χ0n) is 11.8. The van der Waals surface area contributed by atoms with Crippen molar-refractivity contribution in [2.75, 3.05) is 12.5 Å². The molecule has 1 aromatic carbocycles. The Morgan fingerprint density at radius 1 is 1.05 bits per heavy atom. The van der Waals surface area contributed by atoms with Crippen molar-refractivity contribution < 1.29 is 9.47 Å². The quantitative estimate of drug-likeness (QED) is 0.654. The van der Waals surface area contributed by atoms with Gasteiger partial charge in [0.25, 0.3) is 0 Å². The van der Waals surface area contributed by atoms with Gasteiger partial charge < -0.3 is 9.47 Å². The monoisotopic (exact) mass is 287 g/mol. The lowest BCUT2D eigenvalue weighted by Crippen LogP contribution is -2.12. The van der Waals surface area contributed by atoms with Crippen LogP contribution in [0.5, 0.6) is 17.8 Å². The SMILES string of the molecule is COc1nc(NN)nc(Oc2ccc3c(c2)CCCC3)n1. The number of aromatic nitrogens is 3. The Kier molecular flexibility index (Phi) is 3.83. The third-order valence-electron chi connectivity index (χ3n) is 3.44. The maximum atomic E-state index is 5.69. The Bertz CT molecular complexity index is 625. The highest BCUT2D eigenvalue weighted by molar-refractivity contribution is 5.38. The van der Waals surface area contributed by atoms with Crippen LogP contribution < -0.4 is 20.7 Å². The Labute approximate surface area is 122 Å². The van der Waals surface area contributed by atoms with Crippen molar-refractivity contribution in [3.8, 4) is 17.8 Å². The summed E-state index contributed by atoms with van der Waals surface area (Å²) in [6, 6.07) is 6.36. The van der Waals surface area contributed by atoms with Crippen molar-refractivity contribution in [1.82, 2.24) is 15.0 Å². The second-order valence-electron chi connectivity index (χ2n) is 4.81. The first-order chi connectivity index (χ1) is 10.3. The number of nitrogens with one attached hydrogen (secondary N) is 1. The lowest BCUT2D eigenvalue weighted by atomic mass is 9.92. The van der Waals surface area contributed by atoms with Gasteiger partial charge in [0.05, 0.1) is 7.11 Å². The molecular formula is C14H17N5O2. The minimum atomic E-state index is 0.144. The molecule has 0 spiro atoms. The Balaban J connectivity index is 1.86. The fourth-order valence-corrected chi connectivity index (χ4v) is 2.42. The molecule has 21 heavy (non-hydrogen) atoms. The zero-order valence-corrected chi connectivity index (χ0v) is 11.8. The number of anilines is 1. The van der Waals surface area contributed by atoms with Crippen molar-refractivity contribution in [3.63, 3.8) is 0 Å². The van der Waals surface area contributed by atoms with Crippen molar-refractivity contribution >= 4 is 5.95 Å².